The molecular weight excluding hydrogens is 214 g/mol. The lowest BCUT2D eigenvalue weighted by molar-refractivity contribution is -0.102. The van der Waals surface area contributed by atoms with Gasteiger partial charge in [-0.15, -0.1) is 0 Å². The van der Waals surface area contributed by atoms with Gasteiger partial charge in [0.15, 0.2) is 6.29 Å². The number of carbonyl (C=O) groups is 1. The van der Waals surface area contributed by atoms with Crippen molar-refractivity contribution < 1.29 is 9.53 Å². The Kier molecular flexibility index (Phi) is 4.05. The first-order chi connectivity index (χ1) is 7.88. The van der Waals surface area contributed by atoms with E-state index in [0.29, 0.717) is 17.1 Å². The lowest BCUT2D eigenvalue weighted by atomic mass is 9.87. The van der Waals surface area contributed by atoms with Crippen molar-refractivity contribution in [3.8, 4) is 5.75 Å². The van der Waals surface area contributed by atoms with E-state index in [1.54, 1.807) is 14.0 Å². The topological polar surface area (TPSA) is 38.7 Å². The van der Waals surface area contributed by atoms with Crippen molar-refractivity contribution in [2.24, 2.45) is 4.99 Å². The highest BCUT2D eigenvalue weighted by Crippen LogP contribution is 2.33. The first kappa shape index (κ1) is 13.4. The number of nitrogens with zero attached hydrogens (tertiary/aromatic N) is 1. The summed E-state index contributed by atoms with van der Waals surface area (Å²) >= 11 is 0. The largest absolute Gasteiger partial charge is 0.494 e. The van der Waals surface area contributed by atoms with Gasteiger partial charge < -0.3 is 4.74 Å². The van der Waals surface area contributed by atoms with E-state index in [1.165, 1.54) is 0 Å². The van der Waals surface area contributed by atoms with Crippen LogP contribution in [-0.2, 0) is 10.2 Å². The molecule has 3 heteroatoms. The minimum Gasteiger partial charge on any atom is -0.494 e. The second kappa shape index (κ2) is 5.13. The van der Waals surface area contributed by atoms with Gasteiger partial charge in [-0.2, -0.15) is 0 Å². The summed E-state index contributed by atoms with van der Waals surface area (Å²) in [7, 11) is 1.60. The van der Waals surface area contributed by atoms with E-state index in [1.807, 2.05) is 18.2 Å². The average molecular weight is 233 g/mol. The molecule has 3 nitrogen and oxygen atoms in total. The van der Waals surface area contributed by atoms with Crippen LogP contribution in [0.2, 0.25) is 0 Å². The number of rotatable bonds is 3. The SMILES string of the molecule is COc1ccc(C(C)(C)C)cc1N=C(C)C=O. The van der Waals surface area contributed by atoms with Crippen LogP contribution in [0.3, 0.4) is 0 Å². The molecule has 0 aliphatic rings. The van der Waals surface area contributed by atoms with E-state index in [0.717, 1.165) is 11.8 Å². The maximum absolute atomic E-state index is 10.6. The molecule has 1 aromatic carbocycles. The lowest BCUT2D eigenvalue weighted by Crippen LogP contribution is -2.10. The molecule has 0 amide bonds. The quantitative estimate of drug-likeness (QED) is 0.593. The van der Waals surface area contributed by atoms with Gasteiger partial charge in [-0.05, 0) is 30.0 Å². The van der Waals surface area contributed by atoms with Crippen LogP contribution in [-0.4, -0.2) is 19.1 Å². The molecule has 0 atom stereocenters. The Morgan fingerprint density at radius 2 is 2.00 bits per heavy atom. The van der Waals surface area contributed by atoms with Crippen molar-refractivity contribution in [1.29, 1.82) is 0 Å². The van der Waals surface area contributed by atoms with E-state index >= 15 is 0 Å². The first-order valence-electron chi connectivity index (χ1n) is 5.57. The number of carbonyl (C=O) groups excluding carboxylic acids is 1. The fourth-order valence-electron chi connectivity index (χ4n) is 1.46. The monoisotopic (exact) mass is 233 g/mol. The minimum atomic E-state index is 0.0472. The van der Waals surface area contributed by atoms with Gasteiger partial charge in [-0.1, -0.05) is 26.8 Å². The molecule has 0 spiro atoms. The highest BCUT2D eigenvalue weighted by atomic mass is 16.5. The molecule has 0 saturated carbocycles. The third kappa shape index (κ3) is 3.41. The molecule has 0 N–H and O–H groups in total. The van der Waals surface area contributed by atoms with Crippen molar-refractivity contribution >= 4 is 17.7 Å². The lowest BCUT2D eigenvalue weighted by Gasteiger charge is -2.20. The van der Waals surface area contributed by atoms with Gasteiger partial charge in [0.2, 0.25) is 0 Å². The van der Waals surface area contributed by atoms with Crippen molar-refractivity contribution in [2.45, 2.75) is 33.1 Å². The summed E-state index contributed by atoms with van der Waals surface area (Å²) < 4.78 is 5.24. The number of aliphatic imine (C=N–C) groups is 1. The van der Waals surface area contributed by atoms with E-state index in [-0.39, 0.29) is 5.41 Å². The molecule has 0 bridgehead atoms. The van der Waals surface area contributed by atoms with Gasteiger partial charge in [0.25, 0.3) is 0 Å². The van der Waals surface area contributed by atoms with Crippen LogP contribution in [0.5, 0.6) is 5.75 Å². The fourth-order valence-corrected chi connectivity index (χ4v) is 1.46. The molecule has 0 aromatic heterocycles. The second-order valence-corrected chi connectivity index (χ2v) is 5.01. The van der Waals surface area contributed by atoms with Gasteiger partial charge in [0, 0.05) is 0 Å². The average Bonchev–Trinajstić information content (AvgIpc) is 2.27. The Morgan fingerprint density at radius 1 is 1.35 bits per heavy atom. The Labute approximate surface area is 103 Å². The van der Waals surface area contributed by atoms with Crippen LogP contribution in [0.4, 0.5) is 5.69 Å². The van der Waals surface area contributed by atoms with Gasteiger partial charge in [0.05, 0.1) is 12.8 Å². The third-order valence-corrected chi connectivity index (χ3v) is 2.51. The zero-order valence-electron chi connectivity index (χ0n) is 11.1. The van der Waals surface area contributed by atoms with Crippen molar-refractivity contribution in [3.63, 3.8) is 0 Å². The molecule has 0 aliphatic carbocycles. The van der Waals surface area contributed by atoms with E-state index in [2.05, 4.69) is 25.8 Å². The predicted octanol–water partition coefficient (Wildman–Crippen LogP) is 3.28. The van der Waals surface area contributed by atoms with E-state index in [4.69, 9.17) is 4.74 Å². The van der Waals surface area contributed by atoms with E-state index < -0.39 is 0 Å². The van der Waals surface area contributed by atoms with Crippen LogP contribution in [0.25, 0.3) is 0 Å². The van der Waals surface area contributed by atoms with Crippen molar-refractivity contribution in [2.75, 3.05) is 7.11 Å². The maximum Gasteiger partial charge on any atom is 0.163 e. The van der Waals surface area contributed by atoms with Crippen LogP contribution >= 0.6 is 0 Å². The number of benzene rings is 1. The third-order valence-electron chi connectivity index (χ3n) is 2.51. The van der Waals surface area contributed by atoms with E-state index in [9.17, 15) is 4.79 Å². The molecule has 17 heavy (non-hydrogen) atoms. The predicted molar refractivity (Wildman–Crippen MR) is 70.5 cm³/mol. The summed E-state index contributed by atoms with van der Waals surface area (Å²) in [4.78, 5) is 14.9. The van der Waals surface area contributed by atoms with Crippen LogP contribution in [0.1, 0.15) is 33.3 Å². The molecule has 1 aromatic rings. The zero-order chi connectivity index (χ0) is 13.1. The fraction of sp³-hybridized carbons (Fsp3) is 0.429. The number of hydrogen-bond acceptors (Lipinski definition) is 3. The van der Waals surface area contributed by atoms with Crippen molar-refractivity contribution in [3.05, 3.63) is 23.8 Å². The highest BCUT2D eigenvalue weighted by molar-refractivity contribution is 6.27. The van der Waals surface area contributed by atoms with Crippen LogP contribution in [0, 0.1) is 0 Å². The first-order valence-corrected chi connectivity index (χ1v) is 5.57. The summed E-state index contributed by atoms with van der Waals surface area (Å²) in [5, 5.41) is 0. The van der Waals surface area contributed by atoms with Crippen LogP contribution < -0.4 is 4.74 Å². The Hall–Kier alpha value is -1.64. The molecule has 0 radical (unpaired) electrons. The summed E-state index contributed by atoms with van der Waals surface area (Å²) in [5.74, 6) is 0.680. The molecule has 1 rings (SSSR count). The molecular formula is C14H19NO2. The van der Waals surface area contributed by atoms with Gasteiger partial charge in [0.1, 0.15) is 11.4 Å². The highest BCUT2D eigenvalue weighted by Gasteiger charge is 2.15. The molecule has 92 valence electrons. The Bertz CT molecular complexity index is 442. The molecule has 0 fully saturated rings. The number of ether oxygens (including phenoxy) is 1. The van der Waals surface area contributed by atoms with Crippen LogP contribution in [0.15, 0.2) is 23.2 Å². The Balaban J connectivity index is 3.30. The Morgan fingerprint density at radius 3 is 2.47 bits per heavy atom. The summed E-state index contributed by atoms with van der Waals surface area (Å²) in [6, 6.07) is 5.87. The van der Waals surface area contributed by atoms with Gasteiger partial charge >= 0.3 is 0 Å². The minimum absolute atomic E-state index is 0.0472. The summed E-state index contributed by atoms with van der Waals surface area (Å²) in [6.07, 6.45) is 0.739. The molecule has 0 saturated heterocycles. The maximum atomic E-state index is 10.6. The van der Waals surface area contributed by atoms with Gasteiger partial charge in [-0.3, -0.25) is 4.79 Å². The molecule has 0 aliphatic heterocycles. The summed E-state index contributed by atoms with van der Waals surface area (Å²) in [6.45, 7) is 8.08. The standard InChI is InChI=1S/C14H19NO2/c1-10(9-16)15-12-8-11(14(2,3)4)6-7-13(12)17-5/h6-9H,1-5H3. The smallest absolute Gasteiger partial charge is 0.163 e. The van der Waals surface area contributed by atoms with Crippen molar-refractivity contribution in [1.82, 2.24) is 0 Å². The van der Waals surface area contributed by atoms with Gasteiger partial charge in [-0.25, -0.2) is 4.99 Å². The zero-order valence-corrected chi connectivity index (χ0v) is 11.1. The number of methoxy groups -OCH3 is 1. The number of aldehydes is 1. The normalized spacial score (nSPS) is 12.4. The molecule has 0 heterocycles. The molecule has 0 unspecified atom stereocenters. The second-order valence-electron chi connectivity index (χ2n) is 5.01. The number of hydrogen-bond donors (Lipinski definition) is 0. The summed E-state index contributed by atoms with van der Waals surface area (Å²) in [5.41, 5.74) is 2.35.